The van der Waals surface area contributed by atoms with Gasteiger partial charge in [-0.1, -0.05) is 32.1 Å². The normalized spacial score (nSPS) is 34.9. The highest BCUT2D eigenvalue weighted by molar-refractivity contribution is 4.88. The van der Waals surface area contributed by atoms with E-state index >= 15 is 0 Å². The van der Waals surface area contributed by atoms with Crippen molar-refractivity contribution in [1.82, 2.24) is 0 Å². The van der Waals surface area contributed by atoms with E-state index in [1.165, 1.54) is 38.5 Å². The number of ether oxygens (including phenoxy) is 1. The van der Waals surface area contributed by atoms with Crippen molar-refractivity contribution in [2.45, 2.75) is 76.4 Å². The third kappa shape index (κ3) is 2.98. The van der Waals surface area contributed by atoms with Crippen LogP contribution in [0.5, 0.6) is 0 Å². The molecule has 2 heteroatoms. The molecule has 0 amide bonds. The molecule has 1 N–H and O–H groups in total. The van der Waals surface area contributed by atoms with Gasteiger partial charge >= 0.3 is 0 Å². The standard InChI is InChI=1S/C14H26O2/c1-14(9-5-6-10-16-14)13(15)11-12-7-3-2-4-8-12/h12-13,15H,2-11H2,1H3. The lowest BCUT2D eigenvalue weighted by Gasteiger charge is -2.39. The number of rotatable bonds is 3. The van der Waals surface area contributed by atoms with Crippen molar-refractivity contribution in [3.63, 3.8) is 0 Å². The third-order valence-electron chi connectivity index (χ3n) is 4.49. The van der Waals surface area contributed by atoms with E-state index in [-0.39, 0.29) is 11.7 Å². The molecule has 1 saturated heterocycles. The summed E-state index contributed by atoms with van der Waals surface area (Å²) in [5.74, 6) is 0.742. The van der Waals surface area contributed by atoms with E-state index in [4.69, 9.17) is 4.74 Å². The van der Waals surface area contributed by atoms with Crippen LogP contribution in [-0.2, 0) is 4.74 Å². The van der Waals surface area contributed by atoms with Crippen molar-refractivity contribution < 1.29 is 9.84 Å². The van der Waals surface area contributed by atoms with Gasteiger partial charge in [-0.2, -0.15) is 0 Å². The molecule has 0 aromatic rings. The molecule has 1 aliphatic carbocycles. The van der Waals surface area contributed by atoms with Crippen LogP contribution in [0.15, 0.2) is 0 Å². The van der Waals surface area contributed by atoms with Crippen molar-refractivity contribution in [3.05, 3.63) is 0 Å². The van der Waals surface area contributed by atoms with Gasteiger partial charge in [-0.25, -0.2) is 0 Å². The van der Waals surface area contributed by atoms with E-state index in [0.717, 1.165) is 31.8 Å². The Bertz CT molecular complexity index is 203. The molecule has 2 unspecified atom stereocenters. The van der Waals surface area contributed by atoms with Gasteiger partial charge in [-0.05, 0) is 38.5 Å². The molecule has 2 rings (SSSR count). The highest BCUT2D eigenvalue weighted by Gasteiger charge is 2.36. The fourth-order valence-corrected chi connectivity index (χ4v) is 3.21. The lowest BCUT2D eigenvalue weighted by molar-refractivity contribution is -0.142. The van der Waals surface area contributed by atoms with E-state index in [0.29, 0.717) is 0 Å². The quantitative estimate of drug-likeness (QED) is 0.800. The molecule has 1 aliphatic heterocycles. The predicted octanol–water partition coefficient (Wildman–Crippen LogP) is 3.28. The Labute approximate surface area is 99.4 Å². The van der Waals surface area contributed by atoms with E-state index in [1.807, 2.05) is 0 Å². The summed E-state index contributed by atoms with van der Waals surface area (Å²) in [5.41, 5.74) is -0.254. The molecule has 2 fully saturated rings. The summed E-state index contributed by atoms with van der Waals surface area (Å²) < 4.78 is 5.82. The monoisotopic (exact) mass is 226 g/mol. The summed E-state index contributed by atoms with van der Waals surface area (Å²) in [4.78, 5) is 0. The van der Waals surface area contributed by atoms with Crippen molar-refractivity contribution in [2.24, 2.45) is 5.92 Å². The van der Waals surface area contributed by atoms with Crippen LogP contribution >= 0.6 is 0 Å². The lowest BCUT2D eigenvalue weighted by Crippen LogP contribution is -2.45. The minimum absolute atomic E-state index is 0.254. The minimum atomic E-state index is -0.254. The second-order valence-electron chi connectivity index (χ2n) is 5.87. The number of hydrogen-bond donors (Lipinski definition) is 1. The molecule has 1 saturated carbocycles. The van der Waals surface area contributed by atoms with E-state index in [9.17, 15) is 5.11 Å². The van der Waals surface area contributed by atoms with Gasteiger partial charge < -0.3 is 9.84 Å². The van der Waals surface area contributed by atoms with Gasteiger partial charge in [0.2, 0.25) is 0 Å². The second kappa shape index (κ2) is 5.50. The Balaban J connectivity index is 1.83. The summed E-state index contributed by atoms with van der Waals surface area (Å²) in [6.07, 6.45) is 10.8. The van der Waals surface area contributed by atoms with Crippen molar-refractivity contribution >= 4 is 0 Å². The fourth-order valence-electron chi connectivity index (χ4n) is 3.21. The third-order valence-corrected chi connectivity index (χ3v) is 4.49. The van der Waals surface area contributed by atoms with Crippen LogP contribution in [0.3, 0.4) is 0 Å². The maximum atomic E-state index is 10.4. The zero-order valence-corrected chi connectivity index (χ0v) is 10.6. The average Bonchev–Trinajstić information content (AvgIpc) is 2.31. The largest absolute Gasteiger partial charge is 0.390 e. The molecule has 16 heavy (non-hydrogen) atoms. The van der Waals surface area contributed by atoms with E-state index in [2.05, 4.69) is 6.92 Å². The zero-order valence-electron chi connectivity index (χ0n) is 10.6. The minimum Gasteiger partial charge on any atom is -0.390 e. The van der Waals surface area contributed by atoms with Gasteiger partial charge in [-0.15, -0.1) is 0 Å². The lowest BCUT2D eigenvalue weighted by atomic mass is 9.80. The Morgan fingerprint density at radius 1 is 1.19 bits per heavy atom. The Morgan fingerprint density at radius 2 is 1.94 bits per heavy atom. The highest BCUT2D eigenvalue weighted by Crippen LogP contribution is 2.34. The number of aliphatic hydroxyl groups is 1. The Kier molecular flexibility index (Phi) is 4.26. The highest BCUT2D eigenvalue weighted by atomic mass is 16.5. The van der Waals surface area contributed by atoms with Crippen molar-refractivity contribution in [2.75, 3.05) is 6.61 Å². The van der Waals surface area contributed by atoms with Crippen LogP contribution in [-0.4, -0.2) is 23.4 Å². The Hall–Kier alpha value is -0.0800. The fraction of sp³-hybridized carbons (Fsp3) is 1.00. The average molecular weight is 226 g/mol. The number of aliphatic hydroxyl groups excluding tert-OH is 1. The van der Waals surface area contributed by atoms with Crippen LogP contribution in [0.2, 0.25) is 0 Å². The van der Waals surface area contributed by atoms with E-state index < -0.39 is 0 Å². The number of hydrogen-bond acceptors (Lipinski definition) is 2. The molecule has 2 nitrogen and oxygen atoms in total. The van der Waals surface area contributed by atoms with Crippen molar-refractivity contribution in [1.29, 1.82) is 0 Å². The van der Waals surface area contributed by atoms with Crippen LogP contribution in [0.1, 0.15) is 64.7 Å². The first-order chi connectivity index (χ1) is 7.71. The van der Waals surface area contributed by atoms with Gasteiger partial charge in [0.1, 0.15) is 0 Å². The molecular formula is C14H26O2. The summed E-state index contributed by atoms with van der Waals surface area (Å²) in [5, 5.41) is 10.4. The smallest absolute Gasteiger partial charge is 0.0912 e. The molecule has 2 aliphatic rings. The van der Waals surface area contributed by atoms with Crippen LogP contribution in [0, 0.1) is 5.92 Å². The zero-order chi connectivity index (χ0) is 11.4. The molecule has 0 aromatic carbocycles. The van der Waals surface area contributed by atoms with Gasteiger partial charge in [0.15, 0.2) is 0 Å². The second-order valence-corrected chi connectivity index (χ2v) is 5.87. The van der Waals surface area contributed by atoms with Crippen molar-refractivity contribution in [3.8, 4) is 0 Å². The summed E-state index contributed by atoms with van der Waals surface area (Å²) in [6.45, 7) is 2.93. The van der Waals surface area contributed by atoms with Gasteiger partial charge in [0.25, 0.3) is 0 Å². The van der Waals surface area contributed by atoms with Crippen LogP contribution < -0.4 is 0 Å². The molecule has 94 valence electrons. The van der Waals surface area contributed by atoms with Crippen LogP contribution in [0.4, 0.5) is 0 Å². The molecule has 0 aromatic heterocycles. The summed E-state index contributed by atoms with van der Waals surface area (Å²) >= 11 is 0. The SMILES string of the molecule is CC1(C(O)CC2CCCCC2)CCCCO1. The van der Waals surface area contributed by atoms with E-state index in [1.54, 1.807) is 0 Å². The van der Waals surface area contributed by atoms with Gasteiger partial charge in [0, 0.05) is 6.61 Å². The van der Waals surface area contributed by atoms with Gasteiger partial charge in [0.05, 0.1) is 11.7 Å². The molecule has 0 bridgehead atoms. The van der Waals surface area contributed by atoms with Crippen LogP contribution in [0.25, 0.3) is 0 Å². The predicted molar refractivity (Wildman–Crippen MR) is 65.4 cm³/mol. The first kappa shape index (κ1) is 12.4. The maximum Gasteiger partial charge on any atom is 0.0912 e. The first-order valence-corrected chi connectivity index (χ1v) is 7.03. The van der Waals surface area contributed by atoms with Gasteiger partial charge in [-0.3, -0.25) is 0 Å². The molecule has 0 spiro atoms. The Morgan fingerprint density at radius 3 is 2.56 bits per heavy atom. The first-order valence-electron chi connectivity index (χ1n) is 7.03. The topological polar surface area (TPSA) is 29.5 Å². The molecular weight excluding hydrogens is 200 g/mol. The molecule has 0 radical (unpaired) electrons. The molecule has 2 atom stereocenters. The maximum absolute atomic E-state index is 10.4. The summed E-state index contributed by atoms with van der Waals surface area (Å²) in [6, 6.07) is 0. The molecule has 1 heterocycles. The summed E-state index contributed by atoms with van der Waals surface area (Å²) in [7, 11) is 0.